The highest BCUT2D eigenvalue weighted by molar-refractivity contribution is 7.52. The second-order valence-corrected chi connectivity index (χ2v) is 10.4. The Morgan fingerprint density at radius 3 is 2.69 bits per heavy atom. The quantitative estimate of drug-likeness (QED) is 0.252. The minimum atomic E-state index is -3.99. The summed E-state index contributed by atoms with van der Waals surface area (Å²) in [4.78, 5) is 24.3. The predicted molar refractivity (Wildman–Crippen MR) is 133 cm³/mol. The first-order chi connectivity index (χ1) is 17.1. The van der Waals surface area contributed by atoms with Crippen molar-refractivity contribution in [2.24, 2.45) is 5.92 Å². The van der Waals surface area contributed by atoms with Gasteiger partial charge in [0.1, 0.15) is 11.8 Å². The first-order valence-corrected chi connectivity index (χ1v) is 13.0. The van der Waals surface area contributed by atoms with Gasteiger partial charge in [0.15, 0.2) is 11.2 Å². The van der Waals surface area contributed by atoms with Crippen LogP contribution in [0.2, 0.25) is 0 Å². The van der Waals surface area contributed by atoms with E-state index in [-0.39, 0.29) is 30.6 Å². The molecule has 3 aromatic rings. The minimum Gasteiger partial charge on any atom is -0.480 e. The average Bonchev–Trinajstić information content (AvgIpc) is 3.45. The third-order valence-electron chi connectivity index (χ3n) is 5.41. The number of benzene rings is 1. The van der Waals surface area contributed by atoms with Gasteiger partial charge in [0.25, 0.3) is 0 Å². The van der Waals surface area contributed by atoms with E-state index < -0.39 is 19.8 Å². The molecule has 13 heteroatoms. The average molecular weight is 516 g/mol. The van der Waals surface area contributed by atoms with Crippen molar-refractivity contribution in [2.45, 2.75) is 45.4 Å². The second kappa shape index (κ2) is 10.7. The number of nitrogen functional groups attached to an aromatic ring is 1. The van der Waals surface area contributed by atoms with Gasteiger partial charge in [-0.1, -0.05) is 30.4 Å². The topological polar surface area (TPSA) is 164 Å². The van der Waals surface area contributed by atoms with Crippen LogP contribution < -0.4 is 20.1 Å². The van der Waals surface area contributed by atoms with Crippen molar-refractivity contribution < 1.29 is 28.3 Å². The number of nitrogens with one attached hydrogen (secondary N) is 1. The molecule has 1 aromatic carbocycles. The molecule has 2 aromatic heterocycles. The van der Waals surface area contributed by atoms with Crippen molar-refractivity contribution in [3.63, 3.8) is 0 Å². The number of anilines is 1. The van der Waals surface area contributed by atoms with Crippen LogP contribution in [0.15, 0.2) is 48.8 Å². The fourth-order valence-electron chi connectivity index (χ4n) is 3.73. The SMILES string of the molecule is CC(C)Oc1nc(N)nc2c1ncn2[C@H]1C=C[C@@H](CO[P@@](=O)(N[C@@H](C)C(=O)O)Oc2ccccc2)C1. The number of hydrogen-bond donors (Lipinski definition) is 3. The van der Waals surface area contributed by atoms with Gasteiger partial charge in [-0.25, -0.2) is 9.55 Å². The zero-order chi connectivity index (χ0) is 25.9. The Balaban J connectivity index is 1.47. The van der Waals surface area contributed by atoms with E-state index in [1.165, 1.54) is 6.92 Å². The predicted octanol–water partition coefficient (Wildman–Crippen LogP) is 3.58. The van der Waals surface area contributed by atoms with Gasteiger partial charge in [0.2, 0.25) is 11.8 Å². The number of nitrogens with zero attached hydrogens (tertiary/aromatic N) is 4. The van der Waals surface area contributed by atoms with Crippen LogP contribution in [-0.4, -0.2) is 49.3 Å². The molecule has 4 N–H and O–H groups in total. The van der Waals surface area contributed by atoms with Gasteiger partial charge in [-0.3, -0.25) is 9.32 Å². The van der Waals surface area contributed by atoms with Gasteiger partial charge in [0.05, 0.1) is 25.1 Å². The van der Waals surface area contributed by atoms with E-state index in [0.717, 1.165) is 0 Å². The maximum Gasteiger partial charge on any atom is 0.459 e. The number of hydrogen-bond acceptors (Lipinski definition) is 9. The van der Waals surface area contributed by atoms with Crippen molar-refractivity contribution in [1.82, 2.24) is 24.6 Å². The Morgan fingerprint density at radius 1 is 1.25 bits per heavy atom. The van der Waals surface area contributed by atoms with Crippen molar-refractivity contribution in [3.8, 4) is 11.6 Å². The Kier molecular flexibility index (Phi) is 7.58. The highest BCUT2D eigenvalue weighted by atomic mass is 31.2. The summed E-state index contributed by atoms with van der Waals surface area (Å²) < 4.78 is 32.3. The van der Waals surface area contributed by atoms with E-state index >= 15 is 0 Å². The van der Waals surface area contributed by atoms with Gasteiger partial charge < -0.3 is 24.7 Å². The lowest BCUT2D eigenvalue weighted by Gasteiger charge is -2.23. The number of para-hydroxylation sites is 1. The molecule has 0 unspecified atom stereocenters. The summed E-state index contributed by atoms with van der Waals surface area (Å²) in [5.41, 5.74) is 6.96. The Labute approximate surface area is 208 Å². The molecular formula is C23H29N6O6P. The van der Waals surface area contributed by atoms with E-state index in [2.05, 4.69) is 20.0 Å². The molecule has 4 rings (SSSR count). The number of aromatic nitrogens is 4. The van der Waals surface area contributed by atoms with Gasteiger partial charge in [-0.2, -0.15) is 15.1 Å². The summed E-state index contributed by atoms with van der Waals surface area (Å²) in [5, 5.41) is 11.7. The lowest BCUT2D eigenvalue weighted by molar-refractivity contribution is -0.138. The van der Waals surface area contributed by atoms with Crippen LogP contribution in [-0.2, 0) is 13.9 Å². The molecule has 2 heterocycles. The molecule has 0 saturated heterocycles. The molecular weight excluding hydrogens is 487 g/mol. The summed E-state index contributed by atoms with van der Waals surface area (Å²) >= 11 is 0. The standard InChI is InChI=1S/C23H29N6O6P/c1-14(2)34-21-19-20(26-23(24)27-21)29(13-25-19)17-10-9-16(11-17)12-33-36(32,28-15(3)22(30)31)35-18-7-5-4-6-8-18/h4-10,13-17H,11-12H2,1-3H3,(H,28,32)(H,30,31)(H2,24,26,27)/t15-,16+,17-,36-/m0/s1. The smallest absolute Gasteiger partial charge is 0.459 e. The molecule has 12 nitrogen and oxygen atoms in total. The number of carboxylic acids is 1. The van der Waals surface area contributed by atoms with Crippen LogP contribution in [0, 0.1) is 5.92 Å². The molecule has 1 aliphatic rings. The van der Waals surface area contributed by atoms with Crippen molar-refractivity contribution in [3.05, 3.63) is 48.8 Å². The number of ether oxygens (including phenoxy) is 1. The fourth-order valence-corrected chi connectivity index (χ4v) is 5.29. The highest BCUT2D eigenvalue weighted by Gasteiger charge is 2.33. The Morgan fingerprint density at radius 2 is 2.00 bits per heavy atom. The van der Waals surface area contributed by atoms with Crippen LogP contribution in [0.25, 0.3) is 11.2 Å². The second-order valence-electron chi connectivity index (χ2n) is 8.71. The van der Waals surface area contributed by atoms with Crippen LogP contribution in [0.3, 0.4) is 0 Å². The van der Waals surface area contributed by atoms with Crippen LogP contribution in [0.4, 0.5) is 5.95 Å². The van der Waals surface area contributed by atoms with Gasteiger partial charge in [-0.15, -0.1) is 0 Å². The molecule has 1 aliphatic carbocycles. The molecule has 0 saturated carbocycles. The number of allylic oxidation sites excluding steroid dienone is 1. The molecule has 0 aliphatic heterocycles. The Hall–Kier alpha value is -3.47. The molecule has 36 heavy (non-hydrogen) atoms. The van der Waals surface area contributed by atoms with Gasteiger partial charge >= 0.3 is 13.7 Å². The van der Waals surface area contributed by atoms with Crippen LogP contribution in [0.5, 0.6) is 11.6 Å². The third kappa shape index (κ3) is 6.01. The molecule has 0 fully saturated rings. The maximum absolute atomic E-state index is 13.4. The number of fused-ring (bicyclic) bond motifs is 1. The zero-order valence-corrected chi connectivity index (χ0v) is 21.0. The summed E-state index contributed by atoms with van der Waals surface area (Å²) in [6, 6.07) is 7.20. The minimum absolute atomic E-state index is 0.0436. The maximum atomic E-state index is 13.4. The normalized spacial score (nSPS) is 19.9. The third-order valence-corrected chi connectivity index (χ3v) is 7.05. The summed E-state index contributed by atoms with van der Waals surface area (Å²) in [6.07, 6.45) is 6.08. The first kappa shape index (κ1) is 25.6. The summed E-state index contributed by atoms with van der Waals surface area (Å²) in [7, 11) is -3.99. The molecule has 0 amide bonds. The number of aliphatic carboxylic acids is 1. The summed E-state index contributed by atoms with van der Waals surface area (Å²) in [5.74, 6) is -0.588. The van der Waals surface area contributed by atoms with Crippen molar-refractivity contribution in [2.75, 3.05) is 12.3 Å². The van der Waals surface area contributed by atoms with Crippen LogP contribution >= 0.6 is 7.75 Å². The Bertz CT molecular complexity index is 1300. The van der Waals surface area contributed by atoms with Gasteiger partial charge in [0, 0.05) is 5.92 Å². The number of carboxylic acid groups (broad SMARTS) is 1. The number of carbonyl (C=O) groups is 1. The van der Waals surface area contributed by atoms with E-state index in [4.69, 9.17) is 19.5 Å². The van der Waals surface area contributed by atoms with Crippen molar-refractivity contribution >= 4 is 30.8 Å². The number of nitrogens with two attached hydrogens (primary N) is 1. The molecule has 0 radical (unpaired) electrons. The first-order valence-electron chi connectivity index (χ1n) is 11.5. The lowest BCUT2D eigenvalue weighted by atomic mass is 10.1. The van der Waals surface area contributed by atoms with E-state index in [1.807, 2.05) is 30.6 Å². The molecule has 4 atom stereocenters. The summed E-state index contributed by atoms with van der Waals surface area (Å²) in [6.45, 7) is 5.19. The van der Waals surface area contributed by atoms with Crippen molar-refractivity contribution in [1.29, 1.82) is 0 Å². The largest absolute Gasteiger partial charge is 0.480 e. The van der Waals surface area contributed by atoms with E-state index in [9.17, 15) is 14.5 Å². The van der Waals surface area contributed by atoms with Crippen LogP contribution in [0.1, 0.15) is 33.2 Å². The fraction of sp³-hybridized carbons (Fsp3) is 0.391. The van der Waals surface area contributed by atoms with Gasteiger partial charge in [-0.05, 0) is 39.3 Å². The molecule has 192 valence electrons. The number of imidazole rings is 1. The number of rotatable bonds is 11. The monoisotopic (exact) mass is 516 g/mol. The highest BCUT2D eigenvalue weighted by Crippen LogP contribution is 2.46. The van der Waals surface area contributed by atoms with E-state index in [1.54, 1.807) is 36.7 Å². The lowest BCUT2D eigenvalue weighted by Crippen LogP contribution is -2.33. The molecule has 0 spiro atoms. The zero-order valence-electron chi connectivity index (χ0n) is 20.1. The molecule has 0 bridgehead atoms. The van der Waals surface area contributed by atoms with E-state index in [0.29, 0.717) is 29.2 Å².